The second-order valence-electron chi connectivity index (χ2n) is 8.16. The van der Waals surface area contributed by atoms with Crippen LogP contribution in [-0.4, -0.2) is 34.7 Å². The third kappa shape index (κ3) is 3.83. The van der Waals surface area contributed by atoms with E-state index in [4.69, 9.17) is 0 Å². The Kier molecular flexibility index (Phi) is 5.59. The molecule has 160 valence electrons. The van der Waals surface area contributed by atoms with Gasteiger partial charge in [-0.25, -0.2) is 4.90 Å². The maximum atomic E-state index is 13.5. The van der Waals surface area contributed by atoms with E-state index in [2.05, 4.69) is 6.92 Å². The lowest BCUT2D eigenvalue weighted by molar-refractivity contribution is -0.384. The Bertz CT molecular complexity index is 1050. The standard InChI is InChI=1S/C24H25N3O4/c1-3-17-4-8-19(9-5-17)26-23(28)21(18-6-10-20(11-7-18)27(30)31)22(24(26)29)25-14-12-16(2)13-15-25/h4-11,16H,3,12-15H2,1-2H3. The minimum absolute atomic E-state index is 0.0542. The minimum Gasteiger partial charge on any atom is -0.366 e. The van der Waals surface area contributed by atoms with Crippen LogP contribution in [0.5, 0.6) is 0 Å². The molecule has 2 aromatic carbocycles. The lowest BCUT2D eigenvalue weighted by atomic mass is 9.97. The Morgan fingerprint density at radius 1 is 0.968 bits per heavy atom. The lowest BCUT2D eigenvalue weighted by Gasteiger charge is -2.32. The Labute approximate surface area is 181 Å². The second kappa shape index (κ2) is 8.34. The van der Waals surface area contributed by atoms with Gasteiger partial charge in [-0.2, -0.15) is 0 Å². The number of amides is 2. The van der Waals surface area contributed by atoms with Gasteiger partial charge in [0.15, 0.2) is 0 Å². The third-order valence-corrected chi connectivity index (χ3v) is 6.13. The van der Waals surface area contributed by atoms with Crippen molar-refractivity contribution >= 4 is 28.8 Å². The fourth-order valence-electron chi connectivity index (χ4n) is 4.17. The average molecular weight is 419 g/mol. The highest BCUT2D eigenvalue weighted by molar-refractivity contribution is 6.45. The summed E-state index contributed by atoms with van der Waals surface area (Å²) in [6.07, 6.45) is 2.76. The van der Waals surface area contributed by atoms with Gasteiger partial charge in [0, 0.05) is 25.2 Å². The topological polar surface area (TPSA) is 83.8 Å². The first-order chi connectivity index (χ1) is 14.9. The van der Waals surface area contributed by atoms with Gasteiger partial charge in [-0.3, -0.25) is 19.7 Å². The van der Waals surface area contributed by atoms with E-state index < -0.39 is 10.8 Å². The van der Waals surface area contributed by atoms with Gasteiger partial charge < -0.3 is 4.90 Å². The number of carbonyl (C=O) groups excluding carboxylic acids is 2. The number of carbonyl (C=O) groups is 2. The maximum Gasteiger partial charge on any atom is 0.282 e. The van der Waals surface area contributed by atoms with Crippen molar-refractivity contribution < 1.29 is 14.5 Å². The average Bonchev–Trinajstić information content (AvgIpc) is 3.04. The summed E-state index contributed by atoms with van der Waals surface area (Å²) < 4.78 is 0. The zero-order chi connectivity index (χ0) is 22.1. The quantitative estimate of drug-likeness (QED) is 0.413. The highest BCUT2D eigenvalue weighted by atomic mass is 16.6. The molecule has 0 bridgehead atoms. The molecule has 0 aromatic heterocycles. The van der Waals surface area contributed by atoms with Gasteiger partial charge >= 0.3 is 0 Å². The predicted octanol–water partition coefficient (Wildman–Crippen LogP) is 4.17. The van der Waals surface area contributed by atoms with Crippen molar-refractivity contribution in [1.82, 2.24) is 4.90 Å². The van der Waals surface area contributed by atoms with Gasteiger partial charge in [0.05, 0.1) is 16.2 Å². The van der Waals surface area contributed by atoms with Crippen LogP contribution >= 0.6 is 0 Å². The summed E-state index contributed by atoms with van der Waals surface area (Å²) in [5.41, 5.74) is 2.83. The van der Waals surface area contributed by atoms with Crippen molar-refractivity contribution in [2.24, 2.45) is 5.92 Å². The largest absolute Gasteiger partial charge is 0.366 e. The number of aryl methyl sites for hydroxylation is 1. The molecule has 2 amide bonds. The number of nitrogens with zero attached hydrogens (tertiary/aromatic N) is 3. The van der Waals surface area contributed by atoms with Crippen LogP contribution in [0.3, 0.4) is 0 Å². The Hall–Kier alpha value is -3.48. The molecule has 2 aromatic rings. The summed E-state index contributed by atoms with van der Waals surface area (Å²) in [5, 5.41) is 11.0. The number of piperidine rings is 1. The van der Waals surface area contributed by atoms with Gasteiger partial charge in [-0.05, 0) is 60.6 Å². The molecule has 0 unspecified atom stereocenters. The molecule has 7 nitrogen and oxygen atoms in total. The van der Waals surface area contributed by atoms with Crippen molar-refractivity contribution in [3.8, 4) is 0 Å². The molecule has 0 aliphatic carbocycles. The molecule has 0 saturated carbocycles. The highest BCUT2D eigenvalue weighted by Crippen LogP contribution is 2.36. The zero-order valence-electron chi connectivity index (χ0n) is 17.7. The fraction of sp³-hybridized carbons (Fsp3) is 0.333. The number of hydrogen-bond acceptors (Lipinski definition) is 5. The zero-order valence-corrected chi connectivity index (χ0v) is 17.7. The monoisotopic (exact) mass is 419 g/mol. The first kappa shape index (κ1) is 20.8. The van der Waals surface area contributed by atoms with E-state index in [-0.39, 0.29) is 11.6 Å². The van der Waals surface area contributed by atoms with Crippen molar-refractivity contribution in [1.29, 1.82) is 0 Å². The van der Waals surface area contributed by atoms with Gasteiger partial charge in [-0.15, -0.1) is 0 Å². The summed E-state index contributed by atoms with van der Waals surface area (Å²) >= 11 is 0. The van der Waals surface area contributed by atoms with Crippen molar-refractivity contribution in [3.05, 3.63) is 75.5 Å². The molecule has 31 heavy (non-hydrogen) atoms. The predicted molar refractivity (Wildman–Crippen MR) is 118 cm³/mol. The number of nitro benzene ring substituents is 1. The van der Waals surface area contributed by atoms with E-state index in [0.717, 1.165) is 24.8 Å². The molecule has 0 radical (unpaired) electrons. The Balaban J connectivity index is 1.77. The fourth-order valence-corrected chi connectivity index (χ4v) is 4.17. The number of non-ortho nitro benzene ring substituents is 1. The molecular formula is C24H25N3O4. The number of imide groups is 1. The van der Waals surface area contributed by atoms with Crippen LogP contribution in [0.25, 0.3) is 5.57 Å². The molecule has 2 aliphatic rings. The first-order valence-corrected chi connectivity index (χ1v) is 10.6. The molecule has 0 N–H and O–H groups in total. The number of nitro groups is 1. The van der Waals surface area contributed by atoms with Crippen LogP contribution in [0.2, 0.25) is 0 Å². The highest BCUT2D eigenvalue weighted by Gasteiger charge is 2.43. The summed E-state index contributed by atoms with van der Waals surface area (Å²) in [5.74, 6) is -0.154. The van der Waals surface area contributed by atoms with E-state index in [1.165, 1.54) is 17.0 Å². The van der Waals surface area contributed by atoms with Gasteiger partial charge in [0.2, 0.25) is 0 Å². The lowest BCUT2D eigenvalue weighted by Crippen LogP contribution is -2.38. The third-order valence-electron chi connectivity index (χ3n) is 6.13. The van der Waals surface area contributed by atoms with Crippen molar-refractivity contribution in [2.75, 3.05) is 18.0 Å². The molecule has 4 rings (SSSR count). The summed E-state index contributed by atoms with van der Waals surface area (Å²) in [6.45, 7) is 5.64. The summed E-state index contributed by atoms with van der Waals surface area (Å²) in [6, 6.07) is 13.3. The summed E-state index contributed by atoms with van der Waals surface area (Å²) in [7, 11) is 0. The molecule has 0 spiro atoms. The van der Waals surface area contributed by atoms with Gasteiger partial charge in [0.1, 0.15) is 5.70 Å². The van der Waals surface area contributed by atoms with E-state index in [1.54, 1.807) is 24.3 Å². The van der Waals surface area contributed by atoms with E-state index in [0.29, 0.717) is 41.5 Å². The molecular weight excluding hydrogens is 394 g/mol. The minimum atomic E-state index is -0.478. The molecule has 7 heteroatoms. The molecule has 2 aliphatic heterocycles. The van der Waals surface area contributed by atoms with Crippen molar-refractivity contribution in [3.63, 3.8) is 0 Å². The number of rotatable bonds is 5. The van der Waals surface area contributed by atoms with E-state index in [1.807, 2.05) is 24.0 Å². The molecule has 1 fully saturated rings. The SMILES string of the molecule is CCc1ccc(N2C(=O)C(c3ccc([N+](=O)[O-])cc3)=C(N3CCC(C)CC3)C2=O)cc1. The smallest absolute Gasteiger partial charge is 0.282 e. The normalized spacial score (nSPS) is 17.6. The molecule has 2 heterocycles. The number of benzene rings is 2. The summed E-state index contributed by atoms with van der Waals surface area (Å²) in [4.78, 5) is 40.8. The second-order valence-corrected chi connectivity index (χ2v) is 8.16. The van der Waals surface area contributed by atoms with Gasteiger partial charge in [0.25, 0.3) is 17.5 Å². The molecule has 1 saturated heterocycles. The van der Waals surface area contributed by atoms with Crippen LogP contribution in [-0.2, 0) is 16.0 Å². The first-order valence-electron chi connectivity index (χ1n) is 10.6. The molecule has 0 atom stereocenters. The number of anilines is 1. The van der Waals surface area contributed by atoms with Gasteiger partial charge in [-0.1, -0.05) is 26.0 Å². The van der Waals surface area contributed by atoms with Crippen LogP contribution in [0, 0.1) is 16.0 Å². The van der Waals surface area contributed by atoms with Crippen LogP contribution < -0.4 is 4.90 Å². The number of hydrogen-bond donors (Lipinski definition) is 0. The Morgan fingerprint density at radius 3 is 2.13 bits per heavy atom. The number of likely N-dealkylation sites (tertiary alicyclic amines) is 1. The maximum absolute atomic E-state index is 13.5. The van der Waals surface area contributed by atoms with Crippen LogP contribution in [0.1, 0.15) is 37.8 Å². The van der Waals surface area contributed by atoms with E-state index >= 15 is 0 Å². The van der Waals surface area contributed by atoms with Crippen LogP contribution in [0.4, 0.5) is 11.4 Å². The van der Waals surface area contributed by atoms with E-state index in [9.17, 15) is 19.7 Å². The van der Waals surface area contributed by atoms with Crippen LogP contribution in [0.15, 0.2) is 54.2 Å². The Morgan fingerprint density at radius 2 is 1.58 bits per heavy atom. The van der Waals surface area contributed by atoms with Crippen molar-refractivity contribution in [2.45, 2.75) is 33.1 Å².